The van der Waals surface area contributed by atoms with Crippen LogP contribution in [-0.4, -0.2) is 16.9 Å². The fourth-order valence-electron chi connectivity index (χ4n) is 2.40. The molecule has 4 heteroatoms. The van der Waals surface area contributed by atoms with Gasteiger partial charge in [-0.2, -0.15) is 0 Å². The van der Waals surface area contributed by atoms with Crippen LogP contribution in [0.5, 0.6) is 0 Å². The van der Waals surface area contributed by atoms with Crippen molar-refractivity contribution in [2.24, 2.45) is 11.7 Å². The van der Waals surface area contributed by atoms with Crippen molar-refractivity contribution in [1.82, 2.24) is 10.3 Å². The molecule has 0 bridgehead atoms. The van der Waals surface area contributed by atoms with E-state index < -0.39 is 6.04 Å². The van der Waals surface area contributed by atoms with Gasteiger partial charge in [0, 0.05) is 12.4 Å². The summed E-state index contributed by atoms with van der Waals surface area (Å²) in [5, 5.41) is 2.99. The van der Waals surface area contributed by atoms with Gasteiger partial charge in [0.1, 0.15) is 0 Å². The molecule has 122 valence electrons. The van der Waals surface area contributed by atoms with Gasteiger partial charge in [0.25, 0.3) is 0 Å². The van der Waals surface area contributed by atoms with Crippen LogP contribution in [0.3, 0.4) is 0 Å². The van der Waals surface area contributed by atoms with Gasteiger partial charge in [-0.3, -0.25) is 9.78 Å². The molecule has 0 saturated carbocycles. The first-order valence-corrected chi connectivity index (χ1v) is 8.09. The number of nitrogens with zero attached hydrogens (tertiary/aromatic N) is 1. The molecule has 2 rings (SSSR count). The number of aromatic nitrogens is 1. The van der Waals surface area contributed by atoms with Gasteiger partial charge in [0.2, 0.25) is 5.91 Å². The van der Waals surface area contributed by atoms with Gasteiger partial charge < -0.3 is 11.1 Å². The minimum Gasteiger partial charge on any atom is -0.348 e. The number of carbonyl (C=O) groups excluding carboxylic acids is 1. The molecule has 3 atom stereocenters. The highest BCUT2D eigenvalue weighted by atomic mass is 16.2. The Bertz CT molecular complexity index is 625. The third-order valence-electron chi connectivity index (χ3n) is 4.32. The lowest BCUT2D eigenvalue weighted by atomic mass is 9.98. The maximum absolute atomic E-state index is 12.2. The van der Waals surface area contributed by atoms with Crippen molar-refractivity contribution in [2.75, 3.05) is 0 Å². The van der Waals surface area contributed by atoms with Gasteiger partial charge in [0.05, 0.1) is 12.1 Å². The maximum atomic E-state index is 12.2. The molecule has 0 aliphatic carbocycles. The van der Waals surface area contributed by atoms with E-state index in [1.807, 2.05) is 63.4 Å². The standard InChI is InChI=1S/C19H25N3O/c1-4-13(2)18(20)19(23)22-14(3)15-7-9-16(10-8-15)17-6-5-11-21-12-17/h5-14,18H,4,20H2,1-3H3,(H,22,23). The highest BCUT2D eigenvalue weighted by Gasteiger charge is 2.21. The van der Waals surface area contributed by atoms with E-state index in [4.69, 9.17) is 5.73 Å². The Hall–Kier alpha value is -2.20. The molecule has 4 nitrogen and oxygen atoms in total. The van der Waals surface area contributed by atoms with Crippen molar-refractivity contribution in [3.8, 4) is 11.1 Å². The predicted molar refractivity (Wildman–Crippen MR) is 93.7 cm³/mol. The van der Waals surface area contributed by atoms with E-state index in [1.54, 1.807) is 6.20 Å². The molecule has 1 amide bonds. The summed E-state index contributed by atoms with van der Waals surface area (Å²) in [6.45, 7) is 6.01. The number of hydrogen-bond donors (Lipinski definition) is 2. The van der Waals surface area contributed by atoms with Crippen molar-refractivity contribution in [1.29, 1.82) is 0 Å². The zero-order valence-electron chi connectivity index (χ0n) is 14.0. The lowest BCUT2D eigenvalue weighted by Gasteiger charge is -2.21. The number of nitrogens with two attached hydrogens (primary N) is 1. The van der Waals surface area contributed by atoms with E-state index in [-0.39, 0.29) is 17.9 Å². The first-order valence-electron chi connectivity index (χ1n) is 8.09. The van der Waals surface area contributed by atoms with Crippen molar-refractivity contribution in [3.05, 3.63) is 54.4 Å². The van der Waals surface area contributed by atoms with Gasteiger partial charge in [-0.25, -0.2) is 0 Å². The largest absolute Gasteiger partial charge is 0.348 e. The molecule has 0 saturated heterocycles. The average Bonchev–Trinajstić information content (AvgIpc) is 2.61. The van der Waals surface area contributed by atoms with E-state index in [0.29, 0.717) is 0 Å². The number of hydrogen-bond acceptors (Lipinski definition) is 3. The van der Waals surface area contributed by atoms with E-state index in [0.717, 1.165) is 23.1 Å². The van der Waals surface area contributed by atoms with Gasteiger partial charge in [-0.05, 0) is 35.6 Å². The Labute approximate surface area is 138 Å². The monoisotopic (exact) mass is 311 g/mol. The summed E-state index contributed by atoms with van der Waals surface area (Å²) in [5.74, 6) is 0.0818. The quantitative estimate of drug-likeness (QED) is 0.860. The van der Waals surface area contributed by atoms with Crippen LogP contribution in [0.25, 0.3) is 11.1 Å². The summed E-state index contributed by atoms with van der Waals surface area (Å²) in [7, 11) is 0. The minimum absolute atomic E-state index is 0.0689. The van der Waals surface area contributed by atoms with Crippen LogP contribution in [0.2, 0.25) is 0 Å². The van der Waals surface area contributed by atoms with E-state index in [1.165, 1.54) is 0 Å². The Morgan fingerprint density at radius 1 is 1.17 bits per heavy atom. The first-order chi connectivity index (χ1) is 11.0. The molecular weight excluding hydrogens is 286 g/mol. The van der Waals surface area contributed by atoms with Crippen molar-refractivity contribution in [3.63, 3.8) is 0 Å². The highest BCUT2D eigenvalue weighted by Crippen LogP contribution is 2.21. The van der Waals surface area contributed by atoms with Gasteiger partial charge in [-0.15, -0.1) is 0 Å². The molecule has 23 heavy (non-hydrogen) atoms. The van der Waals surface area contributed by atoms with Crippen LogP contribution in [0.1, 0.15) is 38.8 Å². The topological polar surface area (TPSA) is 68.0 Å². The third kappa shape index (κ3) is 4.39. The number of amides is 1. The maximum Gasteiger partial charge on any atom is 0.237 e. The Morgan fingerprint density at radius 2 is 1.87 bits per heavy atom. The SMILES string of the molecule is CCC(C)C(N)C(=O)NC(C)c1ccc(-c2cccnc2)cc1. The molecular formula is C19H25N3O. The molecule has 0 fully saturated rings. The molecule has 0 radical (unpaired) electrons. The lowest BCUT2D eigenvalue weighted by Crippen LogP contribution is -2.45. The molecule has 2 aromatic rings. The van der Waals surface area contributed by atoms with Crippen molar-refractivity contribution >= 4 is 5.91 Å². The van der Waals surface area contributed by atoms with Crippen LogP contribution in [-0.2, 0) is 4.79 Å². The second kappa shape index (κ2) is 7.88. The second-order valence-corrected chi connectivity index (χ2v) is 6.01. The summed E-state index contributed by atoms with van der Waals surface area (Å²) >= 11 is 0. The van der Waals surface area contributed by atoms with E-state index in [2.05, 4.69) is 10.3 Å². The minimum atomic E-state index is -0.461. The number of carbonyl (C=O) groups is 1. The smallest absolute Gasteiger partial charge is 0.237 e. The molecule has 0 spiro atoms. The summed E-state index contributed by atoms with van der Waals surface area (Å²) < 4.78 is 0. The van der Waals surface area contributed by atoms with E-state index >= 15 is 0 Å². The summed E-state index contributed by atoms with van der Waals surface area (Å²) in [6, 6.07) is 11.6. The fourth-order valence-corrected chi connectivity index (χ4v) is 2.40. The van der Waals surface area contributed by atoms with Gasteiger partial charge in [0.15, 0.2) is 0 Å². The van der Waals surface area contributed by atoms with Crippen molar-refractivity contribution in [2.45, 2.75) is 39.3 Å². The van der Waals surface area contributed by atoms with Crippen molar-refractivity contribution < 1.29 is 4.79 Å². The Balaban J connectivity index is 2.03. The van der Waals surface area contributed by atoms with Gasteiger partial charge >= 0.3 is 0 Å². The van der Waals surface area contributed by atoms with Crippen LogP contribution >= 0.6 is 0 Å². The molecule has 0 aliphatic heterocycles. The number of nitrogens with one attached hydrogen (secondary N) is 1. The van der Waals surface area contributed by atoms with Gasteiger partial charge in [-0.1, -0.05) is 50.6 Å². The summed E-state index contributed by atoms with van der Waals surface area (Å²) in [6.07, 6.45) is 4.49. The number of pyridine rings is 1. The molecule has 3 unspecified atom stereocenters. The Kier molecular flexibility index (Phi) is 5.88. The molecule has 3 N–H and O–H groups in total. The summed E-state index contributed by atoms with van der Waals surface area (Å²) in [5.41, 5.74) is 9.22. The molecule has 0 aliphatic rings. The lowest BCUT2D eigenvalue weighted by molar-refractivity contribution is -0.124. The zero-order chi connectivity index (χ0) is 16.8. The Morgan fingerprint density at radius 3 is 2.43 bits per heavy atom. The van der Waals surface area contributed by atoms with Crippen LogP contribution in [0.4, 0.5) is 0 Å². The van der Waals surface area contributed by atoms with Crippen LogP contribution < -0.4 is 11.1 Å². The zero-order valence-corrected chi connectivity index (χ0v) is 14.0. The van der Waals surface area contributed by atoms with Crippen LogP contribution in [0.15, 0.2) is 48.8 Å². The number of benzene rings is 1. The van der Waals surface area contributed by atoms with E-state index in [9.17, 15) is 4.79 Å². The molecule has 1 aromatic heterocycles. The predicted octanol–water partition coefficient (Wildman–Crippen LogP) is 3.30. The number of rotatable bonds is 6. The summed E-state index contributed by atoms with van der Waals surface area (Å²) in [4.78, 5) is 16.3. The first kappa shape index (κ1) is 17.2. The average molecular weight is 311 g/mol. The highest BCUT2D eigenvalue weighted by molar-refractivity contribution is 5.82. The normalized spacial score (nSPS) is 14.8. The molecule has 1 heterocycles. The molecule has 1 aromatic carbocycles. The fraction of sp³-hybridized carbons (Fsp3) is 0.368. The third-order valence-corrected chi connectivity index (χ3v) is 4.32. The van der Waals surface area contributed by atoms with Crippen LogP contribution in [0, 0.1) is 5.92 Å². The second-order valence-electron chi connectivity index (χ2n) is 6.01.